The summed E-state index contributed by atoms with van der Waals surface area (Å²) in [6.45, 7) is 1.19. The SMILES string of the molecule is CC(=O)c1ccc(C(F)(F)F)cc1NC(=O)Nc1ccc(-c2ccnc3n[nH]c(N)c23)cn1. The van der Waals surface area contributed by atoms with Crippen molar-refractivity contribution in [2.75, 3.05) is 16.4 Å². The zero-order valence-electron chi connectivity index (χ0n) is 17.0. The Hall–Kier alpha value is -4.48. The monoisotopic (exact) mass is 455 g/mol. The van der Waals surface area contributed by atoms with Gasteiger partial charge >= 0.3 is 12.2 Å². The van der Waals surface area contributed by atoms with Crippen molar-refractivity contribution >= 4 is 40.2 Å². The van der Waals surface area contributed by atoms with Crippen LogP contribution in [0.15, 0.2) is 48.8 Å². The maximum atomic E-state index is 13.0. The molecule has 0 fully saturated rings. The van der Waals surface area contributed by atoms with Gasteiger partial charge in [-0.3, -0.25) is 15.2 Å². The van der Waals surface area contributed by atoms with Gasteiger partial charge in [-0.2, -0.15) is 18.3 Å². The lowest BCUT2D eigenvalue weighted by Crippen LogP contribution is -2.22. The lowest BCUT2D eigenvalue weighted by Gasteiger charge is -2.14. The first kappa shape index (κ1) is 21.7. The Labute approximate surface area is 184 Å². The van der Waals surface area contributed by atoms with Crippen LogP contribution < -0.4 is 16.4 Å². The molecular weight excluding hydrogens is 439 g/mol. The van der Waals surface area contributed by atoms with E-state index in [9.17, 15) is 22.8 Å². The van der Waals surface area contributed by atoms with E-state index in [1.807, 2.05) is 0 Å². The predicted molar refractivity (Wildman–Crippen MR) is 116 cm³/mol. The summed E-state index contributed by atoms with van der Waals surface area (Å²) in [6, 6.07) is 6.57. The summed E-state index contributed by atoms with van der Waals surface area (Å²) in [5.74, 6) is -0.0150. The number of carbonyl (C=O) groups is 2. The number of hydrogen-bond acceptors (Lipinski definition) is 6. The van der Waals surface area contributed by atoms with E-state index in [0.29, 0.717) is 28.5 Å². The number of amides is 2. The average molecular weight is 455 g/mol. The van der Waals surface area contributed by atoms with Crippen LogP contribution in [0.2, 0.25) is 0 Å². The van der Waals surface area contributed by atoms with Crippen LogP contribution in [0.1, 0.15) is 22.8 Å². The number of fused-ring (bicyclic) bond motifs is 1. The van der Waals surface area contributed by atoms with Gasteiger partial charge < -0.3 is 11.1 Å². The molecule has 12 heteroatoms. The molecule has 3 heterocycles. The summed E-state index contributed by atoms with van der Waals surface area (Å²) in [5, 5.41) is 12.0. The molecule has 1 aromatic carbocycles. The van der Waals surface area contributed by atoms with Gasteiger partial charge in [-0.1, -0.05) is 0 Å². The first-order valence-corrected chi connectivity index (χ1v) is 9.48. The standard InChI is InChI=1S/C21H16F3N7O2/c1-10(32)13-4-3-12(21(22,23)24)8-15(13)28-20(33)29-16-5-2-11(9-27-16)14-6-7-26-19-17(14)18(25)30-31-19/h2-9H,1H3,(H3,25,26,30,31)(H2,27,28,29,33). The first-order chi connectivity index (χ1) is 15.6. The predicted octanol–water partition coefficient (Wildman–Crippen LogP) is 4.47. The number of nitrogens with one attached hydrogen (secondary N) is 3. The van der Waals surface area contributed by atoms with Crippen molar-refractivity contribution in [1.82, 2.24) is 20.2 Å². The minimum absolute atomic E-state index is 0.0548. The topological polar surface area (TPSA) is 139 Å². The molecule has 0 saturated heterocycles. The second-order valence-electron chi connectivity index (χ2n) is 7.02. The number of Topliss-reactive ketones (excluding diaryl/α,β-unsaturated/α-hetero) is 1. The Bertz CT molecular complexity index is 1360. The molecule has 0 aliphatic rings. The van der Waals surface area contributed by atoms with E-state index in [4.69, 9.17) is 5.73 Å². The molecule has 0 aliphatic heterocycles. The highest BCUT2D eigenvalue weighted by atomic mass is 19.4. The molecule has 0 aliphatic carbocycles. The fourth-order valence-electron chi connectivity index (χ4n) is 3.24. The lowest BCUT2D eigenvalue weighted by atomic mass is 10.1. The number of pyridine rings is 2. The van der Waals surface area contributed by atoms with Gasteiger partial charge in [-0.25, -0.2) is 14.8 Å². The summed E-state index contributed by atoms with van der Waals surface area (Å²) in [5.41, 5.74) is 6.45. The van der Waals surface area contributed by atoms with E-state index in [0.717, 1.165) is 17.7 Å². The lowest BCUT2D eigenvalue weighted by molar-refractivity contribution is -0.137. The number of alkyl halides is 3. The van der Waals surface area contributed by atoms with Crippen molar-refractivity contribution < 1.29 is 22.8 Å². The zero-order chi connectivity index (χ0) is 23.8. The van der Waals surface area contributed by atoms with Gasteiger partial charge in [0, 0.05) is 23.5 Å². The maximum absolute atomic E-state index is 13.0. The number of ketones is 1. The molecule has 0 spiro atoms. The molecule has 0 bridgehead atoms. The Morgan fingerprint density at radius 2 is 1.85 bits per heavy atom. The molecule has 9 nitrogen and oxygen atoms in total. The Kier molecular flexibility index (Phi) is 5.42. The highest BCUT2D eigenvalue weighted by molar-refractivity contribution is 6.06. The third-order valence-corrected chi connectivity index (χ3v) is 4.77. The molecule has 5 N–H and O–H groups in total. The van der Waals surface area contributed by atoms with Gasteiger partial charge in [-0.05, 0) is 48.9 Å². The largest absolute Gasteiger partial charge is 0.416 e. The molecule has 0 unspecified atom stereocenters. The number of hydrogen-bond donors (Lipinski definition) is 4. The Balaban J connectivity index is 1.54. The highest BCUT2D eigenvalue weighted by Gasteiger charge is 2.31. The highest BCUT2D eigenvalue weighted by Crippen LogP contribution is 2.33. The molecule has 4 rings (SSSR count). The average Bonchev–Trinajstić information content (AvgIpc) is 3.14. The minimum atomic E-state index is -4.63. The van der Waals surface area contributed by atoms with E-state index in [2.05, 4.69) is 30.8 Å². The van der Waals surface area contributed by atoms with Crippen molar-refractivity contribution in [3.63, 3.8) is 0 Å². The normalized spacial score (nSPS) is 11.4. The van der Waals surface area contributed by atoms with E-state index >= 15 is 0 Å². The molecule has 0 saturated carbocycles. The minimum Gasteiger partial charge on any atom is -0.383 e. The quantitative estimate of drug-likeness (QED) is 0.335. The number of urea groups is 1. The molecule has 168 valence electrons. The van der Waals surface area contributed by atoms with E-state index in [1.54, 1.807) is 18.3 Å². The van der Waals surface area contributed by atoms with Crippen molar-refractivity contribution in [2.45, 2.75) is 13.1 Å². The van der Waals surface area contributed by atoms with Gasteiger partial charge in [0.25, 0.3) is 0 Å². The number of aromatic amines is 1. The number of nitrogens with zero attached hydrogens (tertiary/aromatic N) is 3. The smallest absolute Gasteiger partial charge is 0.383 e. The van der Waals surface area contributed by atoms with Gasteiger partial charge in [0.15, 0.2) is 11.4 Å². The number of H-pyrrole nitrogens is 1. The molecule has 2 amide bonds. The van der Waals surface area contributed by atoms with Gasteiger partial charge in [-0.15, -0.1) is 0 Å². The summed E-state index contributed by atoms with van der Waals surface area (Å²) in [7, 11) is 0. The number of aromatic nitrogens is 4. The number of nitrogen functional groups attached to an aromatic ring is 1. The summed E-state index contributed by atoms with van der Waals surface area (Å²) in [4.78, 5) is 32.4. The number of rotatable bonds is 4. The van der Waals surface area contributed by atoms with Crippen LogP contribution in [-0.2, 0) is 6.18 Å². The van der Waals surface area contributed by atoms with E-state index in [1.165, 1.54) is 19.2 Å². The van der Waals surface area contributed by atoms with E-state index in [-0.39, 0.29) is 17.1 Å². The van der Waals surface area contributed by atoms with Crippen LogP contribution in [0.4, 0.5) is 35.3 Å². The van der Waals surface area contributed by atoms with Crippen molar-refractivity contribution in [1.29, 1.82) is 0 Å². The molecule has 4 aromatic rings. The van der Waals surface area contributed by atoms with Crippen LogP contribution in [0, 0.1) is 0 Å². The number of anilines is 3. The second kappa shape index (κ2) is 8.22. The van der Waals surface area contributed by atoms with Crippen molar-refractivity contribution in [3.05, 3.63) is 59.9 Å². The summed E-state index contributed by atoms with van der Waals surface area (Å²) in [6.07, 6.45) is -1.57. The zero-order valence-corrected chi connectivity index (χ0v) is 17.0. The Morgan fingerprint density at radius 3 is 2.52 bits per heavy atom. The van der Waals surface area contributed by atoms with Gasteiger partial charge in [0.1, 0.15) is 11.6 Å². The van der Waals surface area contributed by atoms with Crippen LogP contribution >= 0.6 is 0 Å². The third-order valence-electron chi connectivity index (χ3n) is 4.77. The van der Waals surface area contributed by atoms with Crippen molar-refractivity contribution in [3.8, 4) is 11.1 Å². The van der Waals surface area contributed by atoms with E-state index < -0.39 is 23.6 Å². The summed E-state index contributed by atoms with van der Waals surface area (Å²) < 4.78 is 39.1. The first-order valence-electron chi connectivity index (χ1n) is 9.48. The fraction of sp³-hybridized carbons (Fsp3) is 0.0952. The molecule has 33 heavy (non-hydrogen) atoms. The number of carbonyl (C=O) groups excluding carboxylic acids is 2. The fourth-order valence-corrected chi connectivity index (χ4v) is 3.24. The second-order valence-corrected chi connectivity index (χ2v) is 7.02. The number of nitrogens with two attached hydrogens (primary N) is 1. The number of benzene rings is 1. The molecule has 0 atom stereocenters. The van der Waals surface area contributed by atoms with Crippen LogP contribution in [0.3, 0.4) is 0 Å². The molecule has 3 aromatic heterocycles. The van der Waals surface area contributed by atoms with Crippen molar-refractivity contribution in [2.24, 2.45) is 0 Å². The van der Waals surface area contributed by atoms with Gasteiger partial charge in [0.2, 0.25) is 0 Å². The molecular formula is C21H16F3N7O2. The van der Waals surface area contributed by atoms with Gasteiger partial charge in [0.05, 0.1) is 16.6 Å². The van der Waals surface area contributed by atoms with Crippen LogP contribution in [0.25, 0.3) is 22.2 Å². The third kappa shape index (κ3) is 4.44. The maximum Gasteiger partial charge on any atom is 0.416 e. The summed E-state index contributed by atoms with van der Waals surface area (Å²) >= 11 is 0. The number of halogens is 3. The van der Waals surface area contributed by atoms with Crippen LogP contribution in [-0.4, -0.2) is 32.0 Å². The molecule has 0 radical (unpaired) electrons. The van der Waals surface area contributed by atoms with Crippen LogP contribution in [0.5, 0.6) is 0 Å². The Morgan fingerprint density at radius 1 is 1.06 bits per heavy atom.